The third-order valence-electron chi connectivity index (χ3n) is 12.8. The lowest BCUT2D eigenvalue weighted by Gasteiger charge is -2.34. The van der Waals surface area contributed by atoms with Crippen LogP contribution in [0, 0.1) is 11.8 Å². The van der Waals surface area contributed by atoms with Crippen LogP contribution in [-0.2, 0) is 18.3 Å². The molecule has 3 atom stereocenters. The summed E-state index contributed by atoms with van der Waals surface area (Å²) in [6, 6.07) is 23.8. The maximum Gasteiger partial charge on any atom is 0.227 e. The molecule has 0 spiro atoms. The Balaban J connectivity index is 1.39. The summed E-state index contributed by atoms with van der Waals surface area (Å²) in [5.74, 6) is 1.84. The van der Waals surface area contributed by atoms with Crippen LogP contribution in [0.4, 0.5) is 0 Å². The van der Waals surface area contributed by atoms with Crippen molar-refractivity contribution in [3.05, 3.63) is 114 Å². The number of nitrogens with zero attached hydrogens (tertiary/aromatic N) is 3. The molecule has 0 aliphatic carbocycles. The highest BCUT2D eigenvalue weighted by Crippen LogP contribution is 2.47. The van der Waals surface area contributed by atoms with Gasteiger partial charge in [0.15, 0.2) is 29.7 Å². The van der Waals surface area contributed by atoms with Gasteiger partial charge in [-0.3, -0.25) is 0 Å². The largest absolute Gasteiger partial charge is 0.437 e. The van der Waals surface area contributed by atoms with E-state index in [0.717, 1.165) is 47.7 Å². The first-order valence-electron chi connectivity index (χ1n) is 20.8. The van der Waals surface area contributed by atoms with Gasteiger partial charge in [0.1, 0.15) is 0 Å². The summed E-state index contributed by atoms with van der Waals surface area (Å²) >= 11 is 0. The van der Waals surface area contributed by atoms with E-state index in [1.54, 1.807) is 5.19 Å². The molecule has 4 aromatic heterocycles. The fourth-order valence-electron chi connectivity index (χ4n) is 9.45. The van der Waals surface area contributed by atoms with Crippen LogP contribution in [-0.4, -0.2) is 13.1 Å². The number of aromatic nitrogens is 3. The van der Waals surface area contributed by atoms with E-state index in [1.165, 1.54) is 50.3 Å². The maximum atomic E-state index is 6.74. The van der Waals surface area contributed by atoms with E-state index in [4.69, 9.17) is 11.0 Å². The number of furan rings is 1. The lowest BCUT2D eigenvalue weighted by atomic mass is 9.75. The molecule has 6 heterocycles. The quantitative estimate of drug-likeness (QED) is 0.130. The van der Waals surface area contributed by atoms with Gasteiger partial charge in [-0.05, 0) is 95.0 Å². The smallest absolute Gasteiger partial charge is 0.227 e. The van der Waals surface area contributed by atoms with Crippen molar-refractivity contribution in [1.29, 1.82) is 0 Å². The van der Waals surface area contributed by atoms with Gasteiger partial charge in [0, 0.05) is 46.3 Å². The summed E-state index contributed by atoms with van der Waals surface area (Å²) < 4.78 is 11.9. The van der Waals surface area contributed by atoms with Crippen LogP contribution in [0.1, 0.15) is 114 Å². The van der Waals surface area contributed by atoms with Gasteiger partial charge in [-0.2, -0.15) is 9.13 Å². The minimum atomic E-state index is -1.69. The Bertz CT molecular complexity index is 2470. The molecule has 2 aliphatic heterocycles. The molecular weight excluding hydrogens is 687 g/mol. The molecule has 284 valence electrons. The van der Waals surface area contributed by atoms with E-state index in [0.29, 0.717) is 29.4 Å². The molecule has 0 saturated carbocycles. The van der Waals surface area contributed by atoms with Crippen LogP contribution in [0.15, 0.2) is 90.3 Å². The number of allylic oxidation sites excluding steroid dienone is 1. The first-order valence-corrected chi connectivity index (χ1v) is 24.3. The SMILES string of the molecule is C=C1CC2C(CCc3ccc4c(oc5ncccc54)c3-c3cc(C(C)C(C)C)cc[n+]31)c1ccc(C(C)(C)C)cc1-c1cc(CC(C)C)c([Si](C)(C)C)c[n+]12. The highest BCUT2D eigenvalue weighted by atomic mass is 28.3. The maximum absolute atomic E-state index is 6.74. The van der Waals surface area contributed by atoms with E-state index in [1.807, 2.05) is 12.3 Å². The molecule has 5 heteroatoms. The standard InChI is InChI=1S/C50H61N3OSi/c1-30(2)24-36-27-44-42-28-37(50(7,8)9)17-20-38(42)39-18-15-34-16-19-40-41-14-13-22-51-49(41)54-48(40)47(34)45-26-35(33(6)31(3)4)21-23-52(45)32(5)25-43(39)53(44)29-46(36)55(10,11)12/h13-14,16-17,19-23,26-31,33,39,43H,5,15,18,24-25H2,1-4,6-12H3/q+2. The highest BCUT2D eigenvalue weighted by Gasteiger charge is 2.44. The number of aryl methyl sites for hydroxylation is 1. The molecule has 0 amide bonds. The van der Waals surface area contributed by atoms with Gasteiger partial charge in [0.05, 0.1) is 25.6 Å². The normalized spacial score (nSPS) is 17.9. The molecule has 2 aromatic carbocycles. The average molecular weight is 748 g/mol. The molecule has 6 aromatic rings. The van der Waals surface area contributed by atoms with E-state index in [2.05, 4.69) is 156 Å². The molecule has 0 saturated heterocycles. The van der Waals surface area contributed by atoms with Crippen LogP contribution < -0.4 is 14.3 Å². The second-order valence-corrected chi connectivity index (χ2v) is 24.6. The zero-order valence-corrected chi connectivity index (χ0v) is 36.2. The zero-order valence-electron chi connectivity index (χ0n) is 35.2. The van der Waals surface area contributed by atoms with Crippen LogP contribution >= 0.6 is 0 Å². The average Bonchev–Trinajstić information content (AvgIpc) is 3.51. The van der Waals surface area contributed by atoms with Gasteiger partial charge < -0.3 is 4.42 Å². The van der Waals surface area contributed by atoms with Crippen molar-refractivity contribution in [3.8, 4) is 22.5 Å². The molecule has 0 fully saturated rings. The van der Waals surface area contributed by atoms with E-state index in [-0.39, 0.29) is 11.5 Å². The molecule has 3 unspecified atom stereocenters. The summed E-state index contributed by atoms with van der Waals surface area (Å²) in [4.78, 5) is 4.66. The molecule has 8 rings (SSSR count). The fraction of sp³-hybridized carbons (Fsp3) is 0.420. The predicted octanol–water partition coefficient (Wildman–Crippen LogP) is 11.8. The molecule has 0 bridgehead atoms. The topological polar surface area (TPSA) is 33.8 Å². The first-order chi connectivity index (χ1) is 26.0. The van der Waals surface area contributed by atoms with E-state index >= 15 is 0 Å². The Labute approximate surface area is 330 Å². The number of pyridine rings is 3. The number of rotatable bonds is 5. The van der Waals surface area contributed by atoms with Crippen LogP contribution in [0.2, 0.25) is 19.6 Å². The van der Waals surface area contributed by atoms with Gasteiger partial charge >= 0.3 is 0 Å². The van der Waals surface area contributed by atoms with Crippen molar-refractivity contribution in [2.75, 3.05) is 0 Å². The summed E-state index contributed by atoms with van der Waals surface area (Å²) in [5.41, 5.74) is 15.0. The Kier molecular flexibility index (Phi) is 9.35. The van der Waals surface area contributed by atoms with Gasteiger partial charge in [0.25, 0.3) is 0 Å². The highest BCUT2D eigenvalue weighted by molar-refractivity contribution is 6.89. The summed E-state index contributed by atoms with van der Waals surface area (Å²) in [5, 5.41) is 3.77. The second kappa shape index (κ2) is 13.7. The van der Waals surface area contributed by atoms with E-state index < -0.39 is 8.07 Å². The summed E-state index contributed by atoms with van der Waals surface area (Å²) in [6.07, 6.45) is 10.7. The molecule has 4 nitrogen and oxygen atoms in total. The number of benzene rings is 2. The van der Waals surface area contributed by atoms with E-state index in [9.17, 15) is 0 Å². The third-order valence-corrected chi connectivity index (χ3v) is 14.9. The monoisotopic (exact) mass is 747 g/mol. The first kappa shape index (κ1) is 37.6. The van der Waals surface area contributed by atoms with Gasteiger partial charge in [-0.25, -0.2) is 4.98 Å². The molecule has 55 heavy (non-hydrogen) atoms. The van der Waals surface area contributed by atoms with Gasteiger partial charge in [-0.15, -0.1) is 0 Å². The zero-order chi connectivity index (χ0) is 39.1. The molecule has 0 N–H and O–H groups in total. The van der Waals surface area contributed by atoms with Gasteiger partial charge in [-0.1, -0.05) is 99.3 Å². The van der Waals surface area contributed by atoms with Crippen molar-refractivity contribution in [1.82, 2.24) is 4.98 Å². The van der Waals surface area contributed by atoms with Crippen molar-refractivity contribution >= 4 is 41.0 Å². The van der Waals surface area contributed by atoms with Crippen molar-refractivity contribution in [2.24, 2.45) is 11.8 Å². The minimum Gasteiger partial charge on any atom is -0.437 e. The third kappa shape index (κ3) is 6.60. The molecular formula is C50H61N3OSi+2. The Morgan fingerprint density at radius 1 is 0.927 bits per heavy atom. The van der Waals surface area contributed by atoms with Crippen molar-refractivity contribution < 1.29 is 13.6 Å². The Hall–Kier alpha value is -4.35. The summed E-state index contributed by atoms with van der Waals surface area (Å²) in [6.45, 7) is 31.2. The predicted molar refractivity (Wildman–Crippen MR) is 233 cm³/mol. The van der Waals surface area contributed by atoms with Crippen LogP contribution in [0.5, 0.6) is 0 Å². The lowest BCUT2D eigenvalue weighted by Crippen LogP contribution is -2.54. The minimum absolute atomic E-state index is 0.0539. The number of hydrogen-bond acceptors (Lipinski definition) is 2. The van der Waals surface area contributed by atoms with Crippen molar-refractivity contribution in [3.63, 3.8) is 0 Å². The lowest BCUT2D eigenvalue weighted by molar-refractivity contribution is -0.719. The number of fused-ring (bicyclic) bond motifs is 13. The Morgan fingerprint density at radius 3 is 2.42 bits per heavy atom. The van der Waals surface area contributed by atoms with Gasteiger partial charge in [0.2, 0.25) is 17.1 Å². The second-order valence-electron chi connectivity index (χ2n) is 19.6. The van der Waals surface area contributed by atoms with Crippen LogP contribution in [0.25, 0.3) is 50.3 Å². The van der Waals surface area contributed by atoms with Crippen LogP contribution in [0.3, 0.4) is 0 Å². The fourth-order valence-corrected chi connectivity index (χ4v) is 11.1. The molecule has 0 radical (unpaired) electrons. The van der Waals surface area contributed by atoms with Crippen molar-refractivity contribution in [2.45, 2.75) is 124 Å². The Morgan fingerprint density at radius 2 is 1.71 bits per heavy atom. The summed E-state index contributed by atoms with van der Waals surface area (Å²) in [7, 11) is -1.69. The number of hydrogen-bond donors (Lipinski definition) is 0. The molecule has 2 aliphatic rings.